The van der Waals surface area contributed by atoms with E-state index >= 15 is 0 Å². The Hall–Kier alpha value is -1.61. The first-order valence-corrected chi connectivity index (χ1v) is 6.91. The molecule has 0 radical (unpaired) electrons. The van der Waals surface area contributed by atoms with E-state index in [1.807, 2.05) is 11.7 Å². The Morgan fingerprint density at radius 1 is 1.16 bits per heavy atom. The van der Waals surface area contributed by atoms with Crippen molar-refractivity contribution in [1.29, 1.82) is 0 Å². The van der Waals surface area contributed by atoms with E-state index in [2.05, 4.69) is 56.2 Å². The van der Waals surface area contributed by atoms with Crippen molar-refractivity contribution in [1.82, 2.24) is 9.78 Å². The first kappa shape index (κ1) is 13.8. The average molecular weight is 257 g/mol. The van der Waals surface area contributed by atoms with Crippen molar-refractivity contribution in [2.45, 2.75) is 39.2 Å². The predicted molar refractivity (Wildman–Crippen MR) is 79.1 cm³/mol. The largest absolute Gasteiger partial charge is 0.319 e. The zero-order valence-corrected chi connectivity index (χ0v) is 12.2. The molecule has 0 saturated carbocycles. The Labute approximate surface area is 115 Å². The molecule has 3 heteroatoms. The van der Waals surface area contributed by atoms with Crippen LogP contribution in [0.3, 0.4) is 0 Å². The summed E-state index contributed by atoms with van der Waals surface area (Å²) in [7, 11) is 1.96. The summed E-state index contributed by atoms with van der Waals surface area (Å²) in [5.41, 5.74) is 11.0. The Bertz CT molecular complexity index is 538. The van der Waals surface area contributed by atoms with E-state index in [1.165, 1.54) is 5.56 Å². The number of nitrogens with two attached hydrogens (primary N) is 1. The smallest absolute Gasteiger partial charge is 0.0723 e. The number of aryl methyl sites for hydroxylation is 2. The van der Waals surface area contributed by atoms with Gasteiger partial charge in [0.25, 0.3) is 0 Å². The monoisotopic (exact) mass is 257 g/mol. The van der Waals surface area contributed by atoms with Crippen LogP contribution in [0, 0.1) is 0 Å². The van der Waals surface area contributed by atoms with Crippen LogP contribution in [-0.2, 0) is 13.5 Å². The molecule has 1 heterocycles. The number of nitrogens with zero attached hydrogens (tertiary/aromatic N) is 2. The molecule has 0 amide bonds. The van der Waals surface area contributed by atoms with Gasteiger partial charge in [0, 0.05) is 7.05 Å². The summed E-state index contributed by atoms with van der Waals surface area (Å²) in [5, 5.41) is 4.46. The lowest BCUT2D eigenvalue weighted by molar-refractivity contribution is 0.665. The lowest BCUT2D eigenvalue weighted by atomic mass is 9.98. The van der Waals surface area contributed by atoms with Gasteiger partial charge in [-0.2, -0.15) is 5.10 Å². The SMILES string of the molecule is CCc1cc(C(N)c2ccc(C(C)C)cc2)n(C)n1. The van der Waals surface area contributed by atoms with Crippen molar-refractivity contribution in [2.24, 2.45) is 12.8 Å². The zero-order chi connectivity index (χ0) is 14.0. The fraction of sp³-hybridized carbons (Fsp3) is 0.438. The number of benzene rings is 1. The van der Waals surface area contributed by atoms with E-state index in [0.29, 0.717) is 5.92 Å². The molecule has 1 unspecified atom stereocenters. The molecule has 2 rings (SSSR count). The fourth-order valence-electron chi connectivity index (χ4n) is 2.27. The number of aromatic nitrogens is 2. The second-order valence-electron chi connectivity index (χ2n) is 5.34. The highest BCUT2D eigenvalue weighted by Gasteiger charge is 2.14. The van der Waals surface area contributed by atoms with Crippen LogP contribution in [0.25, 0.3) is 0 Å². The van der Waals surface area contributed by atoms with Gasteiger partial charge in [-0.05, 0) is 29.5 Å². The van der Waals surface area contributed by atoms with Crippen molar-refractivity contribution in [3.63, 3.8) is 0 Å². The van der Waals surface area contributed by atoms with Crippen LogP contribution in [0.5, 0.6) is 0 Å². The van der Waals surface area contributed by atoms with Gasteiger partial charge >= 0.3 is 0 Å². The van der Waals surface area contributed by atoms with E-state index in [4.69, 9.17) is 5.73 Å². The molecule has 0 spiro atoms. The van der Waals surface area contributed by atoms with Crippen LogP contribution in [0.1, 0.15) is 55.2 Å². The second-order valence-corrected chi connectivity index (χ2v) is 5.34. The Balaban J connectivity index is 2.27. The van der Waals surface area contributed by atoms with Crippen molar-refractivity contribution >= 4 is 0 Å². The maximum Gasteiger partial charge on any atom is 0.0723 e. The lowest BCUT2D eigenvalue weighted by Gasteiger charge is -2.14. The summed E-state index contributed by atoms with van der Waals surface area (Å²) < 4.78 is 1.89. The third kappa shape index (κ3) is 2.87. The fourth-order valence-corrected chi connectivity index (χ4v) is 2.27. The first-order valence-electron chi connectivity index (χ1n) is 6.91. The summed E-state index contributed by atoms with van der Waals surface area (Å²) in [5.74, 6) is 0.550. The molecule has 3 nitrogen and oxygen atoms in total. The van der Waals surface area contributed by atoms with Gasteiger partial charge in [-0.15, -0.1) is 0 Å². The van der Waals surface area contributed by atoms with Gasteiger partial charge in [0.15, 0.2) is 0 Å². The van der Waals surface area contributed by atoms with Crippen LogP contribution in [0.2, 0.25) is 0 Å². The van der Waals surface area contributed by atoms with E-state index in [0.717, 1.165) is 23.4 Å². The molecule has 2 N–H and O–H groups in total. The molecule has 0 aliphatic carbocycles. The maximum absolute atomic E-state index is 6.35. The summed E-state index contributed by atoms with van der Waals surface area (Å²) in [6.07, 6.45) is 0.937. The third-order valence-electron chi connectivity index (χ3n) is 3.61. The molecule has 1 aromatic heterocycles. The van der Waals surface area contributed by atoms with Crippen molar-refractivity contribution in [3.05, 3.63) is 52.8 Å². The number of rotatable bonds is 4. The van der Waals surface area contributed by atoms with Crippen LogP contribution in [-0.4, -0.2) is 9.78 Å². The lowest BCUT2D eigenvalue weighted by Crippen LogP contribution is -2.15. The highest BCUT2D eigenvalue weighted by molar-refractivity contribution is 5.32. The van der Waals surface area contributed by atoms with Gasteiger partial charge in [-0.3, -0.25) is 4.68 Å². The summed E-state index contributed by atoms with van der Waals surface area (Å²) in [6, 6.07) is 10.6. The van der Waals surface area contributed by atoms with Gasteiger partial charge < -0.3 is 5.73 Å². The van der Waals surface area contributed by atoms with Crippen LogP contribution < -0.4 is 5.73 Å². The minimum Gasteiger partial charge on any atom is -0.319 e. The van der Waals surface area contributed by atoms with Gasteiger partial charge in [-0.25, -0.2) is 0 Å². The molecule has 1 aromatic carbocycles. The van der Waals surface area contributed by atoms with Gasteiger partial charge in [0.2, 0.25) is 0 Å². The summed E-state index contributed by atoms with van der Waals surface area (Å²) >= 11 is 0. The minimum atomic E-state index is -0.112. The Kier molecular flexibility index (Phi) is 4.05. The molecule has 19 heavy (non-hydrogen) atoms. The maximum atomic E-state index is 6.35. The molecule has 1 atom stereocenters. The average Bonchev–Trinajstić information content (AvgIpc) is 2.79. The summed E-state index contributed by atoms with van der Waals surface area (Å²) in [6.45, 7) is 6.50. The second kappa shape index (κ2) is 5.57. The van der Waals surface area contributed by atoms with E-state index in [1.54, 1.807) is 0 Å². The van der Waals surface area contributed by atoms with Crippen LogP contribution in [0.15, 0.2) is 30.3 Å². The quantitative estimate of drug-likeness (QED) is 0.914. The number of hydrogen-bond acceptors (Lipinski definition) is 2. The predicted octanol–water partition coefficient (Wildman–Crippen LogP) is 3.15. The zero-order valence-electron chi connectivity index (χ0n) is 12.2. The van der Waals surface area contributed by atoms with E-state index in [-0.39, 0.29) is 6.04 Å². The molecule has 0 fully saturated rings. The minimum absolute atomic E-state index is 0.112. The third-order valence-corrected chi connectivity index (χ3v) is 3.61. The van der Waals surface area contributed by atoms with Gasteiger partial charge in [-0.1, -0.05) is 45.0 Å². The van der Waals surface area contributed by atoms with Crippen molar-refractivity contribution < 1.29 is 0 Å². The van der Waals surface area contributed by atoms with Gasteiger partial charge in [0.05, 0.1) is 17.4 Å². The molecular formula is C16H23N3. The standard InChI is InChI=1S/C16H23N3/c1-5-14-10-15(19(4)18-14)16(17)13-8-6-12(7-9-13)11(2)3/h6-11,16H,5,17H2,1-4H3. The highest BCUT2D eigenvalue weighted by Crippen LogP contribution is 2.22. The molecule has 2 aromatic rings. The van der Waals surface area contributed by atoms with E-state index in [9.17, 15) is 0 Å². The number of hydrogen-bond donors (Lipinski definition) is 1. The first-order chi connectivity index (χ1) is 9.02. The summed E-state index contributed by atoms with van der Waals surface area (Å²) in [4.78, 5) is 0. The molecule has 0 bridgehead atoms. The molecular weight excluding hydrogens is 234 g/mol. The van der Waals surface area contributed by atoms with Crippen molar-refractivity contribution in [2.75, 3.05) is 0 Å². The molecule has 102 valence electrons. The Morgan fingerprint density at radius 3 is 2.21 bits per heavy atom. The van der Waals surface area contributed by atoms with E-state index < -0.39 is 0 Å². The topological polar surface area (TPSA) is 43.8 Å². The molecule has 0 saturated heterocycles. The molecule has 0 aliphatic heterocycles. The van der Waals surface area contributed by atoms with Gasteiger partial charge in [0.1, 0.15) is 0 Å². The molecule has 0 aliphatic rings. The highest BCUT2D eigenvalue weighted by atomic mass is 15.3. The van der Waals surface area contributed by atoms with Crippen LogP contribution in [0.4, 0.5) is 0 Å². The normalized spacial score (nSPS) is 12.9. The van der Waals surface area contributed by atoms with Crippen LogP contribution >= 0.6 is 0 Å². The van der Waals surface area contributed by atoms with Crippen molar-refractivity contribution in [3.8, 4) is 0 Å². The Morgan fingerprint density at radius 2 is 1.74 bits per heavy atom.